The molecule has 0 saturated carbocycles. The number of nitrogens with two attached hydrogens (primary N) is 1. The number of para-hydroxylation sites is 1. The van der Waals surface area contributed by atoms with Crippen molar-refractivity contribution in [2.75, 3.05) is 4.90 Å². The SMILES string of the molecule is C=CN=C/C=C(\N)c1ccc2oc3c(c2c1)Oc1cccc2c1B3c1ccc(-c3ccc(C(C)(C)C)cc3)cc1N2c1ccccc1. The van der Waals surface area contributed by atoms with Crippen molar-refractivity contribution in [1.82, 2.24) is 0 Å². The van der Waals surface area contributed by atoms with Crippen LogP contribution in [-0.4, -0.2) is 12.9 Å². The first-order valence-electron chi connectivity index (χ1n) is 15.9. The molecule has 0 spiro atoms. The summed E-state index contributed by atoms with van der Waals surface area (Å²) in [4.78, 5) is 6.39. The standard InChI is InChI=1S/C41H34BN3O2/c1-5-44-23-22-33(43)28-17-21-36-31(24-28)39-40(47-36)42-32-20-16-27(26-14-18-29(19-15-26)41(2,3)4)25-35(32)45(30-10-7-6-8-11-30)34-12-9-13-37(46-39)38(34)42/h5-25H,1,43H2,2-4H3/b33-22-,44-23?. The topological polar surface area (TPSA) is 64.0 Å². The average Bonchev–Trinajstić information content (AvgIpc) is 3.45. The summed E-state index contributed by atoms with van der Waals surface area (Å²) >= 11 is 0. The van der Waals surface area contributed by atoms with Crippen LogP contribution in [0.15, 0.2) is 137 Å². The predicted molar refractivity (Wildman–Crippen MR) is 197 cm³/mol. The molecule has 2 N–H and O–H groups in total. The third kappa shape index (κ3) is 4.76. The molecule has 228 valence electrons. The van der Waals surface area contributed by atoms with Gasteiger partial charge in [-0.2, -0.15) is 0 Å². The summed E-state index contributed by atoms with van der Waals surface area (Å²) < 4.78 is 13.4. The zero-order valence-electron chi connectivity index (χ0n) is 26.7. The first-order chi connectivity index (χ1) is 22.8. The lowest BCUT2D eigenvalue weighted by atomic mass is 9.36. The molecule has 0 radical (unpaired) electrons. The van der Waals surface area contributed by atoms with Gasteiger partial charge in [-0.05, 0) is 87.7 Å². The highest BCUT2D eigenvalue weighted by atomic mass is 16.5. The molecule has 0 amide bonds. The van der Waals surface area contributed by atoms with Crippen LogP contribution in [0, 0.1) is 0 Å². The van der Waals surface area contributed by atoms with E-state index in [2.05, 4.69) is 128 Å². The molecular weight excluding hydrogens is 577 g/mol. The number of furan rings is 1. The lowest BCUT2D eigenvalue weighted by Gasteiger charge is -2.38. The van der Waals surface area contributed by atoms with E-state index in [0.29, 0.717) is 5.70 Å². The van der Waals surface area contributed by atoms with Gasteiger partial charge in [-0.1, -0.05) is 88.0 Å². The first-order valence-corrected chi connectivity index (χ1v) is 15.9. The summed E-state index contributed by atoms with van der Waals surface area (Å²) in [7, 11) is 0. The molecule has 0 unspecified atom stereocenters. The Morgan fingerprint density at radius 2 is 1.64 bits per heavy atom. The van der Waals surface area contributed by atoms with E-state index in [1.54, 1.807) is 12.3 Å². The Morgan fingerprint density at radius 3 is 2.40 bits per heavy atom. The molecule has 1 aromatic heterocycles. The van der Waals surface area contributed by atoms with E-state index in [0.717, 1.165) is 67.2 Å². The fourth-order valence-corrected chi connectivity index (χ4v) is 6.80. The highest BCUT2D eigenvalue weighted by Crippen LogP contribution is 2.43. The van der Waals surface area contributed by atoms with Crippen LogP contribution in [0.25, 0.3) is 27.8 Å². The number of ether oxygens (including phenoxy) is 1. The van der Waals surface area contributed by atoms with Gasteiger partial charge in [-0.25, -0.2) is 0 Å². The monoisotopic (exact) mass is 611 g/mol. The number of anilines is 3. The van der Waals surface area contributed by atoms with Crippen molar-refractivity contribution in [3.8, 4) is 22.6 Å². The number of rotatable bonds is 5. The molecule has 0 fully saturated rings. The normalized spacial score (nSPS) is 13.7. The Labute approximate surface area is 275 Å². The Balaban J connectivity index is 1.32. The van der Waals surface area contributed by atoms with Crippen LogP contribution in [0.3, 0.4) is 0 Å². The zero-order chi connectivity index (χ0) is 32.3. The van der Waals surface area contributed by atoms with Crippen LogP contribution in [0.5, 0.6) is 11.5 Å². The van der Waals surface area contributed by atoms with Crippen molar-refractivity contribution < 1.29 is 9.15 Å². The van der Waals surface area contributed by atoms with Crippen LogP contribution in [0.4, 0.5) is 17.1 Å². The summed E-state index contributed by atoms with van der Waals surface area (Å²) in [6.07, 6.45) is 4.88. The van der Waals surface area contributed by atoms with Crippen LogP contribution in [0.1, 0.15) is 31.9 Å². The highest BCUT2D eigenvalue weighted by Gasteiger charge is 2.45. The number of allylic oxidation sites excluding steroid dienone is 1. The van der Waals surface area contributed by atoms with Gasteiger partial charge in [-0.15, -0.1) is 0 Å². The molecule has 6 heteroatoms. The lowest BCUT2D eigenvalue weighted by molar-refractivity contribution is 0.482. The molecule has 2 aliphatic rings. The van der Waals surface area contributed by atoms with Gasteiger partial charge in [-0.3, -0.25) is 4.99 Å². The highest BCUT2D eigenvalue weighted by molar-refractivity contribution is 6.98. The zero-order valence-corrected chi connectivity index (χ0v) is 26.7. The van der Waals surface area contributed by atoms with E-state index in [4.69, 9.17) is 14.9 Å². The number of hydrogen-bond acceptors (Lipinski definition) is 5. The maximum atomic E-state index is 6.72. The Kier molecular flexibility index (Phi) is 6.69. The minimum Gasteiger partial charge on any atom is -0.466 e. The van der Waals surface area contributed by atoms with Crippen molar-refractivity contribution in [1.29, 1.82) is 0 Å². The molecule has 47 heavy (non-hydrogen) atoms. The van der Waals surface area contributed by atoms with Gasteiger partial charge in [0.25, 0.3) is 0 Å². The maximum absolute atomic E-state index is 6.72. The van der Waals surface area contributed by atoms with Gasteiger partial charge in [0.1, 0.15) is 17.0 Å². The van der Waals surface area contributed by atoms with Crippen molar-refractivity contribution in [2.45, 2.75) is 26.2 Å². The molecule has 3 heterocycles. The van der Waals surface area contributed by atoms with Gasteiger partial charge in [0, 0.05) is 40.6 Å². The van der Waals surface area contributed by atoms with Crippen LogP contribution in [0.2, 0.25) is 0 Å². The molecule has 5 aromatic carbocycles. The van der Waals surface area contributed by atoms with Crippen molar-refractivity contribution in [2.24, 2.45) is 10.7 Å². The summed E-state index contributed by atoms with van der Waals surface area (Å²) in [5, 5.41) is 0.883. The number of benzene rings is 5. The summed E-state index contributed by atoms with van der Waals surface area (Å²) in [5.74, 6) is 1.55. The van der Waals surface area contributed by atoms with Gasteiger partial charge >= 0.3 is 6.71 Å². The number of fused-ring (bicyclic) bond motifs is 6. The Morgan fingerprint density at radius 1 is 0.851 bits per heavy atom. The Bertz CT molecular complexity index is 2240. The summed E-state index contributed by atoms with van der Waals surface area (Å²) in [5.41, 5.74) is 18.7. The summed E-state index contributed by atoms with van der Waals surface area (Å²) in [6, 6.07) is 38.6. The van der Waals surface area contributed by atoms with Gasteiger partial charge < -0.3 is 19.8 Å². The smallest absolute Gasteiger partial charge is 0.301 e. The third-order valence-corrected chi connectivity index (χ3v) is 9.17. The minimum atomic E-state index is -0.152. The number of nitrogens with zero attached hydrogens (tertiary/aromatic N) is 2. The van der Waals surface area contributed by atoms with E-state index in [1.165, 1.54) is 17.3 Å². The quantitative estimate of drug-likeness (QED) is 0.157. The fraction of sp³-hybridized carbons (Fsp3) is 0.0976. The molecule has 6 aromatic rings. The van der Waals surface area contributed by atoms with Gasteiger partial charge in [0.05, 0.1) is 5.39 Å². The largest absolute Gasteiger partial charge is 0.466 e. The van der Waals surface area contributed by atoms with Gasteiger partial charge in [0.2, 0.25) is 0 Å². The molecule has 5 nitrogen and oxygen atoms in total. The second-order valence-electron chi connectivity index (χ2n) is 13.1. The molecule has 8 rings (SSSR count). The van der Waals surface area contributed by atoms with Crippen LogP contribution >= 0.6 is 0 Å². The number of hydrogen-bond donors (Lipinski definition) is 1. The molecule has 2 aliphatic heterocycles. The molecule has 0 aliphatic carbocycles. The second kappa shape index (κ2) is 11.0. The predicted octanol–water partition coefficient (Wildman–Crippen LogP) is 8.32. The molecule has 0 saturated heterocycles. The first kappa shape index (κ1) is 28.7. The average molecular weight is 612 g/mol. The molecule has 0 bridgehead atoms. The molecular formula is C41H34BN3O2. The van der Waals surface area contributed by atoms with E-state index < -0.39 is 0 Å². The summed E-state index contributed by atoms with van der Waals surface area (Å²) in [6.45, 7) is 10.2. The van der Waals surface area contributed by atoms with Crippen molar-refractivity contribution >= 4 is 63.2 Å². The number of aliphatic imine (C=N–C) groups is 1. The van der Waals surface area contributed by atoms with Crippen molar-refractivity contribution in [3.63, 3.8) is 0 Å². The van der Waals surface area contributed by atoms with Crippen molar-refractivity contribution in [3.05, 3.63) is 139 Å². The van der Waals surface area contributed by atoms with Gasteiger partial charge in [0.15, 0.2) is 5.75 Å². The lowest BCUT2D eigenvalue weighted by Crippen LogP contribution is -2.59. The second-order valence-corrected chi connectivity index (χ2v) is 13.1. The van der Waals surface area contributed by atoms with E-state index in [1.807, 2.05) is 18.2 Å². The third-order valence-electron chi connectivity index (χ3n) is 9.17. The fourth-order valence-electron chi connectivity index (χ4n) is 6.80. The Hall–Kier alpha value is -5.75. The maximum Gasteiger partial charge on any atom is 0.301 e. The molecule has 0 atom stereocenters. The van der Waals surface area contributed by atoms with Crippen LogP contribution in [-0.2, 0) is 5.41 Å². The minimum absolute atomic E-state index is 0.0930. The van der Waals surface area contributed by atoms with E-state index >= 15 is 0 Å². The van der Waals surface area contributed by atoms with E-state index in [9.17, 15) is 0 Å². The van der Waals surface area contributed by atoms with E-state index in [-0.39, 0.29) is 12.1 Å². The van der Waals surface area contributed by atoms with Crippen LogP contribution < -0.4 is 32.0 Å².